The van der Waals surface area contributed by atoms with Gasteiger partial charge in [-0.25, -0.2) is 4.79 Å². The minimum atomic E-state index is -0.269. The summed E-state index contributed by atoms with van der Waals surface area (Å²) in [5, 5.41) is 3.55. The summed E-state index contributed by atoms with van der Waals surface area (Å²) < 4.78 is 11.8. The first-order valence-corrected chi connectivity index (χ1v) is 10.1. The van der Waals surface area contributed by atoms with Gasteiger partial charge in [-0.2, -0.15) is 0 Å². The van der Waals surface area contributed by atoms with Gasteiger partial charge in [0.1, 0.15) is 18.3 Å². The van der Waals surface area contributed by atoms with E-state index in [-0.39, 0.29) is 16.7 Å². The van der Waals surface area contributed by atoms with Crippen LogP contribution in [0.4, 0.5) is 0 Å². The highest BCUT2D eigenvalue weighted by Crippen LogP contribution is 2.31. The molecule has 1 atom stereocenters. The summed E-state index contributed by atoms with van der Waals surface area (Å²) in [6.45, 7) is 12.9. The first kappa shape index (κ1) is 18.5. The van der Waals surface area contributed by atoms with Crippen LogP contribution < -0.4 is 20.6 Å². The molecule has 2 aliphatic rings. The van der Waals surface area contributed by atoms with Gasteiger partial charge in [0.25, 0.3) is 0 Å². The second-order valence-electron chi connectivity index (χ2n) is 9.71. The number of ether oxygens (including phenoxy) is 1. The number of aryl methyl sites for hydroxylation is 1. The standard InChI is InChI=1S/C22H30N2O3/c1-6-14-9-19(25)27-20-16(14)7-8-18-17(20)12-24(13-26-18)15-10-21(2,3)23-22(4,5)11-15/h7-9,15,23H,6,10-13H2,1-5H3/p+2. The second kappa shape index (κ2) is 6.35. The second-order valence-corrected chi connectivity index (χ2v) is 9.71. The zero-order chi connectivity index (χ0) is 19.4. The first-order valence-electron chi connectivity index (χ1n) is 10.1. The van der Waals surface area contributed by atoms with E-state index in [1.807, 2.05) is 12.1 Å². The van der Waals surface area contributed by atoms with Crippen molar-refractivity contribution in [2.75, 3.05) is 6.73 Å². The SMILES string of the molecule is CCc1cc(=O)oc2c3c(ccc12)OC[NH+](C1CC(C)(C)[NH2+]C(C)(C)C1)C3. The average molecular weight is 373 g/mol. The average Bonchev–Trinajstić information content (AvgIpc) is 2.57. The molecule has 1 unspecified atom stereocenters. The molecule has 0 spiro atoms. The van der Waals surface area contributed by atoms with Crippen molar-refractivity contribution in [3.8, 4) is 5.75 Å². The summed E-state index contributed by atoms with van der Waals surface area (Å²) in [6.07, 6.45) is 3.12. The van der Waals surface area contributed by atoms with Crippen molar-refractivity contribution in [1.82, 2.24) is 0 Å². The normalized spacial score (nSPS) is 24.4. The van der Waals surface area contributed by atoms with Crippen LogP contribution in [0.3, 0.4) is 0 Å². The zero-order valence-corrected chi connectivity index (χ0v) is 17.1. The van der Waals surface area contributed by atoms with Gasteiger partial charge in [0, 0.05) is 11.5 Å². The molecular weight excluding hydrogens is 340 g/mol. The molecule has 0 saturated carbocycles. The summed E-state index contributed by atoms with van der Waals surface area (Å²) in [4.78, 5) is 13.5. The molecule has 5 nitrogen and oxygen atoms in total. The van der Waals surface area contributed by atoms with Crippen molar-refractivity contribution in [3.63, 3.8) is 0 Å². The summed E-state index contributed by atoms with van der Waals surface area (Å²) in [6, 6.07) is 6.22. The summed E-state index contributed by atoms with van der Waals surface area (Å²) in [5.41, 5.74) is 2.99. The number of fused-ring (bicyclic) bond motifs is 3. The van der Waals surface area contributed by atoms with E-state index >= 15 is 0 Å². The number of hydrogen-bond acceptors (Lipinski definition) is 3. The topological polar surface area (TPSA) is 60.5 Å². The molecule has 3 N–H and O–H groups in total. The van der Waals surface area contributed by atoms with Gasteiger partial charge >= 0.3 is 5.63 Å². The lowest BCUT2D eigenvalue weighted by Crippen LogP contribution is -3.19. The maximum atomic E-state index is 12.1. The fraction of sp³-hybridized carbons (Fsp3) is 0.591. The van der Waals surface area contributed by atoms with Crippen LogP contribution in [0.25, 0.3) is 11.0 Å². The molecule has 0 bridgehead atoms. The Morgan fingerprint density at radius 2 is 1.89 bits per heavy atom. The van der Waals surface area contributed by atoms with E-state index in [9.17, 15) is 4.79 Å². The van der Waals surface area contributed by atoms with Crippen molar-refractivity contribution in [2.24, 2.45) is 0 Å². The van der Waals surface area contributed by atoms with E-state index in [2.05, 4.69) is 39.9 Å². The van der Waals surface area contributed by atoms with Gasteiger partial charge in [0.2, 0.25) is 6.73 Å². The van der Waals surface area contributed by atoms with Crippen LogP contribution in [0.1, 0.15) is 58.6 Å². The van der Waals surface area contributed by atoms with Gasteiger partial charge in [-0.1, -0.05) is 6.92 Å². The molecule has 2 aliphatic heterocycles. The van der Waals surface area contributed by atoms with Crippen LogP contribution in [-0.2, 0) is 13.0 Å². The smallest absolute Gasteiger partial charge is 0.336 e. The highest BCUT2D eigenvalue weighted by molar-refractivity contribution is 5.85. The molecule has 1 saturated heterocycles. The predicted molar refractivity (Wildman–Crippen MR) is 105 cm³/mol. The predicted octanol–water partition coefficient (Wildman–Crippen LogP) is 1.37. The van der Waals surface area contributed by atoms with Crippen molar-refractivity contribution in [2.45, 2.75) is 77.5 Å². The van der Waals surface area contributed by atoms with Gasteiger partial charge in [-0.15, -0.1) is 0 Å². The molecule has 1 aromatic carbocycles. The zero-order valence-electron chi connectivity index (χ0n) is 17.1. The Morgan fingerprint density at radius 3 is 2.56 bits per heavy atom. The van der Waals surface area contributed by atoms with Crippen LogP contribution in [0, 0.1) is 0 Å². The molecule has 0 aliphatic carbocycles. The number of piperidine rings is 1. The molecule has 4 rings (SSSR count). The first-order chi connectivity index (χ1) is 12.7. The van der Waals surface area contributed by atoms with Crippen LogP contribution in [0.2, 0.25) is 0 Å². The van der Waals surface area contributed by atoms with Gasteiger partial charge in [-0.05, 0) is 51.8 Å². The van der Waals surface area contributed by atoms with Crippen molar-refractivity contribution < 1.29 is 19.4 Å². The van der Waals surface area contributed by atoms with Crippen LogP contribution in [0.5, 0.6) is 5.75 Å². The van der Waals surface area contributed by atoms with Crippen LogP contribution in [0.15, 0.2) is 27.4 Å². The number of nitrogens with one attached hydrogen (secondary N) is 1. The van der Waals surface area contributed by atoms with E-state index in [0.717, 1.165) is 53.7 Å². The van der Waals surface area contributed by atoms with Crippen molar-refractivity contribution in [3.05, 3.63) is 39.7 Å². The lowest BCUT2D eigenvalue weighted by molar-refractivity contribution is -0.969. The van der Waals surface area contributed by atoms with E-state index in [4.69, 9.17) is 9.15 Å². The van der Waals surface area contributed by atoms with E-state index in [1.165, 1.54) is 4.90 Å². The number of rotatable bonds is 2. The molecule has 0 amide bonds. The lowest BCUT2D eigenvalue weighted by Gasteiger charge is -2.45. The van der Waals surface area contributed by atoms with E-state index in [1.54, 1.807) is 6.07 Å². The summed E-state index contributed by atoms with van der Waals surface area (Å²) in [7, 11) is 0. The molecule has 1 fully saturated rings. The summed E-state index contributed by atoms with van der Waals surface area (Å²) in [5.74, 6) is 0.864. The molecule has 27 heavy (non-hydrogen) atoms. The Kier molecular flexibility index (Phi) is 4.35. The van der Waals surface area contributed by atoms with Gasteiger partial charge in [0.05, 0.1) is 29.5 Å². The molecule has 5 heteroatoms. The van der Waals surface area contributed by atoms with Gasteiger partial charge in [0.15, 0.2) is 5.58 Å². The molecule has 146 valence electrons. The monoisotopic (exact) mass is 372 g/mol. The number of nitrogens with two attached hydrogens (primary N) is 1. The molecule has 3 heterocycles. The fourth-order valence-corrected chi connectivity index (χ4v) is 5.44. The van der Waals surface area contributed by atoms with Crippen LogP contribution in [-0.4, -0.2) is 23.9 Å². The van der Waals surface area contributed by atoms with Crippen LogP contribution >= 0.6 is 0 Å². The third kappa shape index (κ3) is 3.50. The van der Waals surface area contributed by atoms with E-state index in [0.29, 0.717) is 12.8 Å². The van der Waals surface area contributed by atoms with Crippen molar-refractivity contribution >= 4 is 11.0 Å². The quantitative estimate of drug-likeness (QED) is 0.783. The Morgan fingerprint density at radius 1 is 1.19 bits per heavy atom. The Balaban J connectivity index is 1.72. The minimum Gasteiger partial charge on any atom is -0.445 e. The Labute approximate surface area is 160 Å². The molecular formula is C22H32N2O3+2. The summed E-state index contributed by atoms with van der Waals surface area (Å²) >= 11 is 0. The lowest BCUT2D eigenvalue weighted by atomic mass is 9.79. The molecule has 1 aromatic heterocycles. The van der Waals surface area contributed by atoms with Gasteiger partial charge in [-0.3, -0.25) is 4.90 Å². The largest absolute Gasteiger partial charge is 0.445 e. The van der Waals surface area contributed by atoms with Gasteiger partial charge < -0.3 is 14.5 Å². The maximum Gasteiger partial charge on any atom is 0.336 e. The number of benzene rings is 1. The fourth-order valence-electron chi connectivity index (χ4n) is 5.44. The Hall–Kier alpha value is -1.85. The third-order valence-electron chi connectivity index (χ3n) is 6.16. The third-order valence-corrected chi connectivity index (χ3v) is 6.16. The number of quaternary nitrogens is 2. The number of hydrogen-bond donors (Lipinski definition) is 2. The van der Waals surface area contributed by atoms with Crippen molar-refractivity contribution in [1.29, 1.82) is 0 Å². The highest BCUT2D eigenvalue weighted by Gasteiger charge is 2.46. The van der Waals surface area contributed by atoms with E-state index < -0.39 is 0 Å². The Bertz CT molecular complexity index is 913. The molecule has 2 aromatic rings. The molecule has 0 radical (unpaired) electrons. The highest BCUT2D eigenvalue weighted by atomic mass is 16.5. The minimum absolute atomic E-state index is 0.223. The maximum absolute atomic E-state index is 12.1.